The van der Waals surface area contributed by atoms with Crippen molar-refractivity contribution in [3.05, 3.63) is 81.5 Å². The van der Waals surface area contributed by atoms with Crippen LogP contribution < -0.4 is 10.6 Å². The van der Waals surface area contributed by atoms with Crippen molar-refractivity contribution in [2.75, 3.05) is 33.2 Å². The second-order valence-corrected chi connectivity index (χ2v) is 9.02. The van der Waals surface area contributed by atoms with E-state index in [0.717, 1.165) is 65.4 Å². The topological polar surface area (TPSA) is 52.5 Å². The maximum Gasteiger partial charge on any atom is 0.253 e. The number of hydrogen-bond donors (Lipinski definition) is 1. The zero-order valence-electron chi connectivity index (χ0n) is 18.6. The zero-order chi connectivity index (χ0) is 22.9. The molecule has 0 saturated carbocycles. The number of likely N-dealkylation sites (N-methyl/N-ethyl adjacent to an activating group) is 1. The Bertz CT molecular complexity index is 1440. The molecule has 33 heavy (non-hydrogen) atoms. The molecule has 5 nitrogen and oxygen atoms in total. The van der Waals surface area contributed by atoms with Crippen LogP contribution in [0.5, 0.6) is 0 Å². The number of aromatic nitrogens is 1. The summed E-state index contributed by atoms with van der Waals surface area (Å²) in [7, 11) is 2.10. The molecule has 1 saturated heterocycles. The molecule has 0 aliphatic carbocycles. The number of amides is 1. The number of fused-ring (bicyclic) bond motifs is 1. The number of carbonyl (C=O) groups excluding carboxylic acids is 1. The van der Waals surface area contributed by atoms with Crippen molar-refractivity contribution >= 4 is 41.1 Å². The van der Waals surface area contributed by atoms with Crippen molar-refractivity contribution in [3.63, 3.8) is 0 Å². The van der Waals surface area contributed by atoms with Gasteiger partial charge in [0.15, 0.2) is 0 Å². The first-order chi connectivity index (χ1) is 16.0. The molecule has 168 valence electrons. The van der Waals surface area contributed by atoms with Crippen molar-refractivity contribution in [3.8, 4) is 11.3 Å². The highest BCUT2D eigenvalue weighted by Crippen LogP contribution is 2.24. The van der Waals surface area contributed by atoms with E-state index in [0.29, 0.717) is 16.3 Å². The van der Waals surface area contributed by atoms with Crippen LogP contribution in [-0.2, 0) is 0 Å². The first-order valence-electron chi connectivity index (χ1n) is 11.1. The average molecular weight is 460 g/mol. The molecule has 0 spiro atoms. The number of H-pyrrole nitrogens is 1. The van der Waals surface area contributed by atoms with Crippen LogP contribution in [0.4, 0.5) is 0 Å². The van der Waals surface area contributed by atoms with Gasteiger partial charge in [-0.1, -0.05) is 30.3 Å². The summed E-state index contributed by atoms with van der Waals surface area (Å²) in [5, 5.41) is 3.43. The molecule has 2 aromatic carbocycles. The van der Waals surface area contributed by atoms with Crippen LogP contribution in [0.15, 0.2) is 59.0 Å². The fourth-order valence-electron chi connectivity index (χ4n) is 4.37. The molecule has 0 bridgehead atoms. The molecule has 0 unspecified atom stereocenters. The largest absolute Gasteiger partial charge is 0.457 e. The predicted molar refractivity (Wildman–Crippen MR) is 134 cm³/mol. The minimum absolute atomic E-state index is 0.0721. The highest BCUT2D eigenvalue weighted by molar-refractivity contribution is 6.31. The van der Waals surface area contributed by atoms with E-state index in [2.05, 4.69) is 23.5 Å². The van der Waals surface area contributed by atoms with Gasteiger partial charge in [0.1, 0.15) is 11.5 Å². The van der Waals surface area contributed by atoms with Crippen LogP contribution in [0.1, 0.15) is 22.5 Å². The number of furan rings is 1. The predicted octanol–water partition coefficient (Wildman–Crippen LogP) is 4.10. The van der Waals surface area contributed by atoms with Crippen molar-refractivity contribution in [1.29, 1.82) is 0 Å². The third-order valence-corrected chi connectivity index (χ3v) is 6.43. The van der Waals surface area contributed by atoms with Gasteiger partial charge in [0.05, 0.1) is 0 Å². The van der Waals surface area contributed by atoms with Crippen LogP contribution in [0.25, 0.3) is 34.9 Å². The Hall–Kier alpha value is -3.28. The lowest BCUT2D eigenvalue weighted by atomic mass is 10.1. The van der Waals surface area contributed by atoms with Gasteiger partial charge in [-0.15, -0.1) is 0 Å². The van der Waals surface area contributed by atoms with Crippen LogP contribution in [-0.4, -0.2) is 53.9 Å². The number of rotatable bonds is 3. The molecular formula is C27H26ClN3O2. The molecule has 0 atom stereocenters. The van der Waals surface area contributed by atoms with Gasteiger partial charge < -0.3 is 19.2 Å². The fourth-order valence-corrected chi connectivity index (χ4v) is 4.54. The summed E-state index contributed by atoms with van der Waals surface area (Å²) in [6.45, 7) is 7.58. The maximum atomic E-state index is 13.1. The van der Waals surface area contributed by atoms with E-state index in [9.17, 15) is 4.79 Å². The van der Waals surface area contributed by atoms with Gasteiger partial charge in [-0.25, -0.2) is 0 Å². The van der Waals surface area contributed by atoms with Crippen LogP contribution >= 0.6 is 11.6 Å². The first kappa shape index (κ1) is 21.6. The molecule has 2 aromatic heterocycles. The molecule has 1 fully saturated rings. The number of nitrogens with one attached hydrogen (secondary N) is 1. The number of carbonyl (C=O) groups is 1. The van der Waals surface area contributed by atoms with Crippen molar-refractivity contribution in [2.24, 2.45) is 0 Å². The van der Waals surface area contributed by atoms with Crippen LogP contribution in [0.2, 0.25) is 5.02 Å². The summed E-state index contributed by atoms with van der Waals surface area (Å²) in [5.41, 5.74) is 2.54. The first-order valence-corrected chi connectivity index (χ1v) is 11.5. The summed E-state index contributed by atoms with van der Waals surface area (Å²) >= 11 is 6.19. The van der Waals surface area contributed by atoms with E-state index in [1.54, 1.807) is 0 Å². The second kappa shape index (κ2) is 8.93. The molecule has 1 aliphatic heterocycles. The molecule has 1 aliphatic rings. The van der Waals surface area contributed by atoms with E-state index in [1.165, 1.54) is 0 Å². The molecule has 4 aromatic rings. The Morgan fingerprint density at radius 3 is 2.85 bits per heavy atom. The third kappa shape index (κ3) is 4.47. The molecule has 3 heterocycles. The van der Waals surface area contributed by atoms with E-state index in [4.69, 9.17) is 16.0 Å². The van der Waals surface area contributed by atoms with E-state index in [1.807, 2.05) is 65.6 Å². The van der Waals surface area contributed by atoms with Gasteiger partial charge in [0.2, 0.25) is 0 Å². The maximum absolute atomic E-state index is 13.1. The molecule has 1 N–H and O–H groups in total. The van der Waals surface area contributed by atoms with E-state index < -0.39 is 0 Å². The van der Waals surface area contributed by atoms with Gasteiger partial charge in [-0.3, -0.25) is 4.79 Å². The zero-order valence-corrected chi connectivity index (χ0v) is 19.4. The molecular weight excluding hydrogens is 434 g/mol. The van der Waals surface area contributed by atoms with Crippen molar-refractivity contribution < 1.29 is 9.21 Å². The summed E-state index contributed by atoms with van der Waals surface area (Å²) in [4.78, 5) is 20.6. The van der Waals surface area contributed by atoms with Gasteiger partial charge in [0, 0.05) is 57.3 Å². The Morgan fingerprint density at radius 2 is 1.97 bits per heavy atom. The SMILES string of the molecule is C=c1[nH]c2ccc(Cl)cc2/c1=C\c1ccc(-c2cccc(C(=O)N3CCCN(C)CC3)c2)o1. The Morgan fingerprint density at radius 1 is 1.09 bits per heavy atom. The van der Waals surface area contributed by atoms with E-state index >= 15 is 0 Å². The third-order valence-electron chi connectivity index (χ3n) is 6.20. The summed E-state index contributed by atoms with van der Waals surface area (Å²) in [5.74, 6) is 1.50. The number of benzene rings is 2. The second-order valence-electron chi connectivity index (χ2n) is 8.58. The monoisotopic (exact) mass is 459 g/mol. The number of aromatic amines is 1. The Kier molecular flexibility index (Phi) is 5.83. The highest BCUT2D eigenvalue weighted by Gasteiger charge is 2.19. The summed E-state index contributed by atoms with van der Waals surface area (Å²) in [6.07, 6.45) is 2.95. The van der Waals surface area contributed by atoms with Gasteiger partial charge >= 0.3 is 0 Å². The summed E-state index contributed by atoms with van der Waals surface area (Å²) < 4.78 is 6.13. The standard InChI is InChI=1S/C27H26ClN3O2/c1-18-23(24-16-21(28)7-9-25(24)29-18)17-22-8-10-26(33-22)19-5-3-6-20(15-19)27(32)31-12-4-11-30(2)13-14-31/h3,5-10,15-17,29H,1,4,11-14H2,2H3/b23-17-. The van der Waals surface area contributed by atoms with Crippen molar-refractivity contribution in [2.45, 2.75) is 6.42 Å². The van der Waals surface area contributed by atoms with Gasteiger partial charge in [-0.2, -0.15) is 0 Å². The van der Waals surface area contributed by atoms with Crippen LogP contribution in [0.3, 0.4) is 0 Å². The minimum atomic E-state index is 0.0721. The number of hydrogen-bond acceptors (Lipinski definition) is 3. The Balaban J connectivity index is 1.44. The lowest BCUT2D eigenvalue weighted by molar-refractivity contribution is 0.0763. The van der Waals surface area contributed by atoms with Crippen LogP contribution in [0, 0.1) is 0 Å². The molecule has 0 radical (unpaired) electrons. The van der Waals surface area contributed by atoms with E-state index in [-0.39, 0.29) is 5.91 Å². The molecule has 5 rings (SSSR count). The Labute approximate surface area is 197 Å². The molecule has 6 heteroatoms. The quantitative estimate of drug-likeness (QED) is 0.502. The lowest BCUT2D eigenvalue weighted by Crippen LogP contribution is -2.34. The summed E-state index contributed by atoms with van der Waals surface area (Å²) in [6, 6.07) is 17.3. The minimum Gasteiger partial charge on any atom is -0.457 e. The average Bonchev–Trinajstić information content (AvgIpc) is 3.33. The molecule has 1 amide bonds. The fraction of sp³-hybridized carbons (Fsp3) is 0.222. The lowest BCUT2D eigenvalue weighted by Gasteiger charge is -2.20. The van der Waals surface area contributed by atoms with Gasteiger partial charge in [0.25, 0.3) is 5.91 Å². The van der Waals surface area contributed by atoms with Crippen molar-refractivity contribution in [1.82, 2.24) is 14.8 Å². The smallest absolute Gasteiger partial charge is 0.253 e. The highest BCUT2D eigenvalue weighted by atomic mass is 35.5. The number of nitrogens with zero attached hydrogens (tertiary/aromatic N) is 2. The number of halogens is 1. The van der Waals surface area contributed by atoms with Gasteiger partial charge in [-0.05, 0) is 68.6 Å². The normalized spacial score (nSPS) is 15.8.